The van der Waals surface area contributed by atoms with Crippen molar-refractivity contribution in [3.63, 3.8) is 0 Å². The van der Waals surface area contributed by atoms with Gasteiger partial charge in [0.15, 0.2) is 0 Å². The van der Waals surface area contributed by atoms with Crippen molar-refractivity contribution in [2.45, 2.75) is 45.6 Å². The largest absolute Gasteiger partial charge is 0.488 e. The third-order valence-electron chi connectivity index (χ3n) is 3.60. The van der Waals surface area contributed by atoms with Crippen molar-refractivity contribution in [3.05, 3.63) is 23.5 Å². The number of ether oxygens (including phenoxy) is 1. The van der Waals surface area contributed by atoms with Gasteiger partial charge in [-0.2, -0.15) is 0 Å². The predicted octanol–water partition coefficient (Wildman–Crippen LogP) is 3.67. The van der Waals surface area contributed by atoms with Crippen LogP contribution in [-0.4, -0.2) is 6.10 Å². The van der Waals surface area contributed by atoms with Crippen LogP contribution in [0.4, 0.5) is 10.1 Å². The Hall–Kier alpha value is -1.25. The van der Waals surface area contributed by atoms with Crippen molar-refractivity contribution in [2.24, 2.45) is 5.92 Å². The number of anilines is 1. The molecule has 0 aromatic heterocycles. The maximum absolute atomic E-state index is 13.3. The van der Waals surface area contributed by atoms with Crippen LogP contribution in [0.5, 0.6) is 5.75 Å². The van der Waals surface area contributed by atoms with Crippen molar-refractivity contribution in [1.82, 2.24) is 0 Å². The Morgan fingerprint density at radius 3 is 2.71 bits per heavy atom. The number of nitrogen functional groups attached to an aromatic ring is 1. The Morgan fingerprint density at radius 2 is 2.00 bits per heavy atom. The summed E-state index contributed by atoms with van der Waals surface area (Å²) in [5, 5.41) is 0. The van der Waals surface area contributed by atoms with Crippen LogP contribution in [0.25, 0.3) is 0 Å². The van der Waals surface area contributed by atoms with Gasteiger partial charge in [0.05, 0.1) is 5.69 Å². The molecule has 0 aliphatic heterocycles. The molecule has 0 radical (unpaired) electrons. The van der Waals surface area contributed by atoms with Gasteiger partial charge in [0.2, 0.25) is 0 Å². The van der Waals surface area contributed by atoms with E-state index in [0.717, 1.165) is 6.42 Å². The maximum atomic E-state index is 13.3. The van der Waals surface area contributed by atoms with Gasteiger partial charge in [-0.25, -0.2) is 4.39 Å². The van der Waals surface area contributed by atoms with E-state index in [1.807, 2.05) is 0 Å². The van der Waals surface area contributed by atoms with E-state index in [2.05, 4.69) is 6.92 Å². The molecule has 2 N–H and O–H groups in total. The van der Waals surface area contributed by atoms with Crippen molar-refractivity contribution in [3.8, 4) is 5.75 Å². The number of halogens is 1. The van der Waals surface area contributed by atoms with Gasteiger partial charge < -0.3 is 10.5 Å². The normalized spacial score (nSPS) is 24.6. The number of aryl methyl sites for hydroxylation is 1. The number of rotatable bonds is 2. The summed E-state index contributed by atoms with van der Waals surface area (Å²) in [5.41, 5.74) is 6.76. The first-order valence-corrected chi connectivity index (χ1v) is 6.30. The van der Waals surface area contributed by atoms with E-state index in [9.17, 15) is 4.39 Å². The second kappa shape index (κ2) is 4.94. The van der Waals surface area contributed by atoms with Gasteiger partial charge in [-0.05, 0) is 43.7 Å². The van der Waals surface area contributed by atoms with Crippen LogP contribution in [0.3, 0.4) is 0 Å². The molecule has 2 nitrogen and oxygen atoms in total. The molecule has 1 aromatic carbocycles. The molecule has 1 aliphatic rings. The average molecular weight is 237 g/mol. The van der Waals surface area contributed by atoms with E-state index >= 15 is 0 Å². The number of nitrogens with two attached hydrogens (primary N) is 1. The lowest BCUT2D eigenvalue weighted by molar-refractivity contribution is 0.103. The zero-order chi connectivity index (χ0) is 12.4. The van der Waals surface area contributed by atoms with Gasteiger partial charge in [0.1, 0.15) is 17.7 Å². The fourth-order valence-electron chi connectivity index (χ4n) is 2.39. The highest BCUT2D eigenvalue weighted by atomic mass is 19.1. The van der Waals surface area contributed by atoms with Crippen LogP contribution in [0, 0.1) is 18.7 Å². The van der Waals surface area contributed by atoms with Crippen LogP contribution in [-0.2, 0) is 0 Å². The zero-order valence-electron chi connectivity index (χ0n) is 10.5. The molecule has 3 heteroatoms. The van der Waals surface area contributed by atoms with Crippen LogP contribution < -0.4 is 10.5 Å². The van der Waals surface area contributed by atoms with Gasteiger partial charge >= 0.3 is 0 Å². The Balaban J connectivity index is 2.15. The summed E-state index contributed by atoms with van der Waals surface area (Å²) in [5.74, 6) is 0.905. The summed E-state index contributed by atoms with van der Waals surface area (Å²) in [4.78, 5) is 0. The molecule has 1 fully saturated rings. The molecule has 94 valence electrons. The molecule has 0 heterocycles. The predicted molar refractivity (Wildman–Crippen MR) is 67.6 cm³/mol. The van der Waals surface area contributed by atoms with Gasteiger partial charge in [0, 0.05) is 6.07 Å². The molecule has 2 atom stereocenters. The Labute approximate surface area is 102 Å². The SMILES string of the molecule is Cc1cc(OC2CCCCC2C)c(N)cc1F. The first-order chi connectivity index (χ1) is 8.08. The molecule has 0 amide bonds. The van der Waals surface area contributed by atoms with Crippen LogP contribution in [0.15, 0.2) is 12.1 Å². The summed E-state index contributed by atoms with van der Waals surface area (Å²) in [6.07, 6.45) is 4.96. The average Bonchev–Trinajstić information content (AvgIpc) is 2.29. The fraction of sp³-hybridized carbons (Fsp3) is 0.571. The standard InChI is InChI=1S/C14H20FNO/c1-9-5-3-4-6-13(9)17-14-7-10(2)11(15)8-12(14)16/h7-9,13H,3-6,16H2,1-2H3. The lowest BCUT2D eigenvalue weighted by atomic mass is 9.88. The van der Waals surface area contributed by atoms with Crippen molar-refractivity contribution in [1.29, 1.82) is 0 Å². The molecule has 1 aromatic rings. The first-order valence-electron chi connectivity index (χ1n) is 6.30. The Bertz CT molecular complexity index is 405. The molecule has 0 saturated heterocycles. The lowest BCUT2D eigenvalue weighted by Gasteiger charge is -2.29. The van der Waals surface area contributed by atoms with Gasteiger partial charge in [0.25, 0.3) is 0 Å². The Morgan fingerprint density at radius 1 is 1.29 bits per heavy atom. The summed E-state index contributed by atoms with van der Waals surface area (Å²) >= 11 is 0. The second-order valence-electron chi connectivity index (χ2n) is 5.06. The fourth-order valence-corrected chi connectivity index (χ4v) is 2.39. The molecule has 0 bridgehead atoms. The van der Waals surface area contributed by atoms with Crippen LogP contribution in [0.2, 0.25) is 0 Å². The minimum Gasteiger partial charge on any atom is -0.488 e. The minimum atomic E-state index is -0.272. The van der Waals surface area contributed by atoms with E-state index in [4.69, 9.17) is 10.5 Å². The summed E-state index contributed by atoms with van der Waals surface area (Å²) < 4.78 is 19.2. The number of hydrogen-bond acceptors (Lipinski definition) is 2. The smallest absolute Gasteiger partial charge is 0.143 e. The molecule has 2 unspecified atom stereocenters. The minimum absolute atomic E-state index is 0.218. The number of benzene rings is 1. The molecule has 1 saturated carbocycles. The lowest BCUT2D eigenvalue weighted by Crippen LogP contribution is -2.28. The third-order valence-corrected chi connectivity index (χ3v) is 3.60. The molecule has 2 rings (SSSR count). The highest BCUT2D eigenvalue weighted by Gasteiger charge is 2.23. The summed E-state index contributed by atoms with van der Waals surface area (Å²) in [6, 6.07) is 3.05. The number of hydrogen-bond donors (Lipinski definition) is 1. The third kappa shape index (κ3) is 2.71. The quantitative estimate of drug-likeness (QED) is 0.796. The van der Waals surface area contributed by atoms with Gasteiger partial charge in [-0.1, -0.05) is 13.3 Å². The van der Waals surface area contributed by atoms with Crippen molar-refractivity contribution < 1.29 is 9.13 Å². The van der Waals surface area contributed by atoms with Crippen molar-refractivity contribution in [2.75, 3.05) is 5.73 Å². The Kier molecular flexibility index (Phi) is 3.55. The van der Waals surface area contributed by atoms with E-state index in [-0.39, 0.29) is 11.9 Å². The zero-order valence-corrected chi connectivity index (χ0v) is 10.5. The molecule has 1 aliphatic carbocycles. The summed E-state index contributed by atoms with van der Waals surface area (Å²) in [7, 11) is 0. The topological polar surface area (TPSA) is 35.2 Å². The highest BCUT2D eigenvalue weighted by molar-refractivity contribution is 5.54. The van der Waals surface area contributed by atoms with E-state index in [1.54, 1.807) is 13.0 Å². The van der Waals surface area contributed by atoms with Gasteiger partial charge in [-0.15, -0.1) is 0 Å². The van der Waals surface area contributed by atoms with E-state index in [0.29, 0.717) is 22.9 Å². The summed E-state index contributed by atoms with van der Waals surface area (Å²) in [6.45, 7) is 3.93. The molecular weight excluding hydrogens is 217 g/mol. The first kappa shape index (κ1) is 12.2. The molecule has 0 spiro atoms. The van der Waals surface area contributed by atoms with Crippen molar-refractivity contribution >= 4 is 5.69 Å². The molecular formula is C14H20FNO. The molecule has 17 heavy (non-hydrogen) atoms. The monoisotopic (exact) mass is 237 g/mol. The van der Waals surface area contributed by atoms with E-state index < -0.39 is 0 Å². The van der Waals surface area contributed by atoms with Crippen LogP contribution >= 0.6 is 0 Å². The van der Waals surface area contributed by atoms with Crippen LogP contribution in [0.1, 0.15) is 38.2 Å². The second-order valence-corrected chi connectivity index (χ2v) is 5.06. The van der Waals surface area contributed by atoms with Gasteiger partial charge in [-0.3, -0.25) is 0 Å². The maximum Gasteiger partial charge on any atom is 0.143 e. The highest BCUT2D eigenvalue weighted by Crippen LogP contribution is 2.32. The van der Waals surface area contributed by atoms with E-state index in [1.165, 1.54) is 25.3 Å².